The maximum Gasteiger partial charge on any atom is 0.310 e. The summed E-state index contributed by atoms with van der Waals surface area (Å²) < 4.78 is 5.12. The SMILES string of the molecule is CCOC(=O)[C@@H]1CCCN(CC(=O)N(CC(C)C)C2CC2)C1. The van der Waals surface area contributed by atoms with Gasteiger partial charge >= 0.3 is 5.97 Å². The summed E-state index contributed by atoms with van der Waals surface area (Å²) in [6, 6.07) is 0.459. The molecule has 1 saturated carbocycles. The predicted molar refractivity (Wildman–Crippen MR) is 85.4 cm³/mol. The number of ether oxygens (including phenoxy) is 1. The quantitative estimate of drug-likeness (QED) is 0.674. The van der Waals surface area contributed by atoms with Crippen molar-refractivity contribution in [2.24, 2.45) is 11.8 Å². The van der Waals surface area contributed by atoms with Gasteiger partial charge in [0, 0.05) is 19.1 Å². The van der Waals surface area contributed by atoms with Crippen LogP contribution in [0.1, 0.15) is 46.5 Å². The number of hydrogen-bond donors (Lipinski definition) is 0. The Hall–Kier alpha value is -1.10. The van der Waals surface area contributed by atoms with E-state index in [1.807, 2.05) is 6.92 Å². The van der Waals surface area contributed by atoms with Crippen molar-refractivity contribution < 1.29 is 14.3 Å². The second-order valence-electron chi connectivity index (χ2n) is 7.00. The van der Waals surface area contributed by atoms with Crippen molar-refractivity contribution in [3.8, 4) is 0 Å². The second kappa shape index (κ2) is 7.95. The summed E-state index contributed by atoms with van der Waals surface area (Å²) in [7, 11) is 0. The minimum absolute atomic E-state index is 0.0685. The Kier molecular flexibility index (Phi) is 6.24. The lowest BCUT2D eigenvalue weighted by molar-refractivity contribution is -0.150. The van der Waals surface area contributed by atoms with Gasteiger partial charge in [0.25, 0.3) is 0 Å². The number of hydrogen-bond acceptors (Lipinski definition) is 4. The number of rotatable bonds is 7. The highest BCUT2D eigenvalue weighted by atomic mass is 16.5. The van der Waals surface area contributed by atoms with Crippen LogP contribution in [-0.4, -0.2) is 60.5 Å². The highest BCUT2D eigenvalue weighted by molar-refractivity contribution is 5.79. The van der Waals surface area contributed by atoms with E-state index in [4.69, 9.17) is 4.74 Å². The molecule has 1 amide bonds. The summed E-state index contributed by atoms with van der Waals surface area (Å²) in [5.41, 5.74) is 0. The van der Waals surface area contributed by atoms with Crippen LogP contribution in [-0.2, 0) is 14.3 Å². The lowest BCUT2D eigenvalue weighted by atomic mass is 9.98. The number of likely N-dealkylation sites (tertiary alicyclic amines) is 1. The van der Waals surface area contributed by atoms with Crippen LogP contribution in [0, 0.1) is 11.8 Å². The summed E-state index contributed by atoms with van der Waals surface area (Å²) in [6.07, 6.45) is 4.13. The highest BCUT2D eigenvalue weighted by Crippen LogP contribution is 2.28. The van der Waals surface area contributed by atoms with Gasteiger partial charge in [0.2, 0.25) is 5.91 Å². The molecule has 0 aromatic carbocycles. The molecule has 0 unspecified atom stereocenters. The Balaban J connectivity index is 1.85. The van der Waals surface area contributed by atoms with Gasteiger partial charge in [-0.15, -0.1) is 0 Å². The Labute approximate surface area is 134 Å². The maximum absolute atomic E-state index is 12.6. The molecule has 1 aliphatic carbocycles. The number of piperidine rings is 1. The summed E-state index contributed by atoms with van der Waals surface area (Å²) in [4.78, 5) is 28.7. The van der Waals surface area contributed by atoms with Crippen LogP contribution in [0.25, 0.3) is 0 Å². The van der Waals surface area contributed by atoms with Crippen molar-refractivity contribution >= 4 is 11.9 Å². The molecule has 5 heteroatoms. The molecule has 126 valence electrons. The maximum atomic E-state index is 12.6. The molecule has 2 aliphatic rings. The number of esters is 1. The molecule has 2 rings (SSSR count). The molecule has 0 aromatic rings. The zero-order valence-corrected chi connectivity index (χ0v) is 14.2. The summed E-state index contributed by atoms with van der Waals surface area (Å²) in [5, 5.41) is 0. The van der Waals surface area contributed by atoms with Gasteiger partial charge in [-0.1, -0.05) is 13.8 Å². The molecular weight excluding hydrogens is 280 g/mol. The van der Waals surface area contributed by atoms with Crippen molar-refractivity contribution in [3.63, 3.8) is 0 Å². The first kappa shape index (κ1) is 17.3. The zero-order valence-electron chi connectivity index (χ0n) is 14.2. The molecular formula is C17H30N2O3. The molecule has 0 aromatic heterocycles. The fourth-order valence-corrected chi connectivity index (χ4v) is 3.17. The topological polar surface area (TPSA) is 49.9 Å². The van der Waals surface area contributed by atoms with E-state index in [0.717, 1.165) is 38.8 Å². The van der Waals surface area contributed by atoms with Crippen LogP contribution < -0.4 is 0 Å². The van der Waals surface area contributed by atoms with E-state index in [1.165, 1.54) is 0 Å². The van der Waals surface area contributed by atoms with E-state index in [9.17, 15) is 9.59 Å². The van der Waals surface area contributed by atoms with Crippen molar-refractivity contribution in [3.05, 3.63) is 0 Å². The van der Waals surface area contributed by atoms with E-state index < -0.39 is 0 Å². The molecule has 0 N–H and O–H groups in total. The molecule has 2 fully saturated rings. The monoisotopic (exact) mass is 310 g/mol. The molecule has 1 aliphatic heterocycles. The van der Waals surface area contributed by atoms with Crippen molar-refractivity contribution in [1.82, 2.24) is 9.80 Å². The van der Waals surface area contributed by atoms with Gasteiger partial charge in [0.1, 0.15) is 0 Å². The van der Waals surface area contributed by atoms with Crippen LogP contribution in [0.2, 0.25) is 0 Å². The minimum atomic E-state index is -0.110. The Morgan fingerprint density at radius 2 is 2.00 bits per heavy atom. The molecule has 1 saturated heterocycles. The predicted octanol–water partition coefficient (Wildman–Crippen LogP) is 1.91. The first-order valence-corrected chi connectivity index (χ1v) is 8.69. The first-order chi connectivity index (χ1) is 10.5. The first-order valence-electron chi connectivity index (χ1n) is 8.69. The zero-order chi connectivity index (χ0) is 16.1. The Morgan fingerprint density at radius 1 is 1.27 bits per heavy atom. The third kappa shape index (κ3) is 4.97. The van der Waals surface area contributed by atoms with Crippen LogP contribution in [0.15, 0.2) is 0 Å². The lowest BCUT2D eigenvalue weighted by Gasteiger charge is -2.33. The van der Waals surface area contributed by atoms with E-state index >= 15 is 0 Å². The average Bonchev–Trinajstić information content (AvgIpc) is 3.29. The lowest BCUT2D eigenvalue weighted by Crippen LogP contribution is -2.47. The number of amides is 1. The van der Waals surface area contributed by atoms with Gasteiger partial charge in [0.15, 0.2) is 0 Å². The summed E-state index contributed by atoms with van der Waals surface area (Å²) in [5.74, 6) is 0.542. The van der Waals surface area contributed by atoms with Crippen LogP contribution >= 0.6 is 0 Å². The molecule has 22 heavy (non-hydrogen) atoms. The Bertz CT molecular complexity index is 393. The van der Waals surface area contributed by atoms with Crippen LogP contribution in [0.3, 0.4) is 0 Å². The Morgan fingerprint density at radius 3 is 2.59 bits per heavy atom. The smallest absolute Gasteiger partial charge is 0.310 e. The number of carbonyl (C=O) groups excluding carboxylic acids is 2. The number of nitrogens with zero attached hydrogens (tertiary/aromatic N) is 2. The van der Waals surface area contributed by atoms with Gasteiger partial charge in [-0.2, -0.15) is 0 Å². The molecule has 0 bridgehead atoms. The molecule has 0 radical (unpaired) electrons. The van der Waals surface area contributed by atoms with Gasteiger partial charge in [-0.05, 0) is 45.1 Å². The van der Waals surface area contributed by atoms with Crippen LogP contribution in [0.5, 0.6) is 0 Å². The van der Waals surface area contributed by atoms with Crippen molar-refractivity contribution in [1.29, 1.82) is 0 Å². The van der Waals surface area contributed by atoms with Gasteiger partial charge in [-0.3, -0.25) is 14.5 Å². The minimum Gasteiger partial charge on any atom is -0.466 e. The standard InChI is InChI=1S/C17H30N2O3/c1-4-22-17(21)14-6-5-9-18(11-14)12-16(20)19(10-13(2)3)15-7-8-15/h13-15H,4-12H2,1-3H3/t14-/m1/s1. The van der Waals surface area contributed by atoms with Crippen molar-refractivity contribution in [2.45, 2.75) is 52.5 Å². The summed E-state index contributed by atoms with van der Waals surface area (Å²) >= 11 is 0. The van der Waals surface area contributed by atoms with E-state index in [-0.39, 0.29) is 17.8 Å². The normalized spacial score (nSPS) is 22.6. The largest absolute Gasteiger partial charge is 0.466 e. The number of carbonyl (C=O) groups is 2. The van der Waals surface area contributed by atoms with Gasteiger partial charge in [-0.25, -0.2) is 0 Å². The fourth-order valence-electron chi connectivity index (χ4n) is 3.17. The fraction of sp³-hybridized carbons (Fsp3) is 0.882. The average molecular weight is 310 g/mol. The van der Waals surface area contributed by atoms with Gasteiger partial charge in [0.05, 0.1) is 19.1 Å². The highest BCUT2D eigenvalue weighted by Gasteiger charge is 2.34. The second-order valence-corrected chi connectivity index (χ2v) is 7.00. The molecule has 0 spiro atoms. The van der Waals surface area contributed by atoms with Crippen LogP contribution in [0.4, 0.5) is 0 Å². The van der Waals surface area contributed by atoms with E-state index in [2.05, 4.69) is 23.6 Å². The molecule has 5 nitrogen and oxygen atoms in total. The molecule has 1 heterocycles. The van der Waals surface area contributed by atoms with E-state index in [0.29, 0.717) is 31.7 Å². The molecule has 1 atom stereocenters. The summed E-state index contributed by atoms with van der Waals surface area (Å²) in [6.45, 7) is 9.42. The van der Waals surface area contributed by atoms with Crippen molar-refractivity contribution in [2.75, 3.05) is 32.8 Å². The third-order valence-corrected chi connectivity index (χ3v) is 4.35. The third-order valence-electron chi connectivity index (χ3n) is 4.35. The van der Waals surface area contributed by atoms with Gasteiger partial charge < -0.3 is 9.64 Å². The van der Waals surface area contributed by atoms with E-state index in [1.54, 1.807) is 0 Å².